The Kier molecular flexibility index (Phi) is 7.63. The van der Waals surface area contributed by atoms with Gasteiger partial charge in [-0.1, -0.05) is 26.7 Å². The molecule has 0 spiro atoms. The van der Waals surface area contributed by atoms with Crippen molar-refractivity contribution < 1.29 is 14.6 Å². The summed E-state index contributed by atoms with van der Waals surface area (Å²) in [5.41, 5.74) is 0. The number of rotatable bonds is 6. The van der Waals surface area contributed by atoms with Crippen LogP contribution < -0.4 is 10.6 Å². The molecule has 2 atom stereocenters. The van der Waals surface area contributed by atoms with Crippen LogP contribution in [-0.4, -0.2) is 42.0 Å². The zero-order chi connectivity index (χ0) is 16.7. The standard InChI is InChI=1S/C18H34N2O3/c1-13(2)11-12-23-17-6-4-3-5-16(17)20-18(22)19-14-7-9-15(21)10-8-14/h13-17,21H,3-12H2,1-2H3,(H2,19,20,22). The minimum absolute atomic E-state index is 0.0734. The van der Waals surface area contributed by atoms with Gasteiger partial charge in [0.2, 0.25) is 0 Å². The maximum atomic E-state index is 12.2. The zero-order valence-corrected chi connectivity index (χ0v) is 14.7. The lowest BCUT2D eigenvalue weighted by atomic mass is 9.92. The molecular weight excluding hydrogens is 292 g/mol. The third kappa shape index (κ3) is 6.68. The summed E-state index contributed by atoms with van der Waals surface area (Å²) >= 11 is 0. The monoisotopic (exact) mass is 326 g/mol. The van der Waals surface area contributed by atoms with E-state index in [9.17, 15) is 9.90 Å². The molecule has 134 valence electrons. The van der Waals surface area contributed by atoms with E-state index >= 15 is 0 Å². The van der Waals surface area contributed by atoms with Gasteiger partial charge in [-0.3, -0.25) is 0 Å². The summed E-state index contributed by atoms with van der Waals surface area (Å²) in [7, 11) is 0. The van der Waals surface area contributed by atoms with Gasteiger partial charge in [0.05, 0.1) is 18.2 Å². The Morgan fingerprint density at radius 3 is 2.48 bits per heavy atom. The highest BCUT2D eigenvalue weighted by atomic mass is 16.5. The minimum Gasteiger partial charge on any atom is -0.393 e. The van der Waals surface area contributed by atoms with Gasteiger partial charge < -0.3 is 20.5 Å². The fourth-order valence-electron chi connectivity index (χ4n) is 3.53. The Labute approximate surface area is 140 Å². The fourth-order valence-corrected chi connectivity index (χ4v) is 3.53. The molecule has 0 radical (unpaired) electrons. The lowest BCUT2D eigenvalue weighted by Gasteiger charge is -2.33. The highest BCUT2D eigenvalue weighted by Gasteiger charge is 2.28. The van der Waals surface area contributed by atoms with Crippen molar-refractivity contribution in [1.29, 1.82) is 0 Å². The number of carbonyl (C=O) groups is 1. The molecule has 2 aliphatic rings. The Bertz CT molecular complexity index is 354. The molecule has 2 rings (SSSR count). The molecule has 0 bridgehead atoms. The van der Waals surface area contributed by atoms with Crippen LogP contribution >= 0.6 is 0 Å². The molecule has 5 nitrogen and oxygen atoms in total. The van der Waals surface area contributed by atoms with Crippen LogP contribution in [0.25, 0.3) is 0 Å². The van der Waals surface area contributed by atoms with Crippen molar-refractivity contribution in [2.24, 2.45) is 5.92 Å². The van der Waals surface area contributed by atoms with E-state index in [4.69, 9.17) is 4.74 Å². The molecule has 0 saturated heterocycles. The first-order valence-electron chi connectivity index (χ1n) is 9.41. The van der Waals surface area contributed by atoms with Crippen LogP contribution in [-0.2, 0) is 4.74 Å². The van der Waals surface area contributed by atoms with E-state index in [0.29, 0.717) is 5.92 Å². The number of ether oxygens (including phenoxy) is 1. The maximum Gasteiger partial charge on any atom is 0.315 e. The third-order valence-corrected chi connectivity index (χ3v) is 5.08. The van der Waals surface area contributed by atoms with E-state index in [1.807, 2.05) is 0 Å². The zero-order valence-electron chi connectivity index (χ0n) is 14.7. The molecule has 2 saturated carbocycles. The average Bonchev–Trinajstić information content (AvgIpc) is 2.51. The lowest BCUT2D eigenvalue weighted by molar-refractivity contribution is 0.00323. The van der Waals surface area contributed by atoms with Gasteiger partial charge in [-0.2, -0.15) is 0 Å². The van der Waals surface area contributed by atoms with Crippen LogP contribution in [0.5, 0.6) is 0 Å². The van der Waals surface area contributed by atoms with Crippen LogP contribution in [0.1, 0.15) is 71.6 Å². The molecule has 23 heavy (non-hydrogen) atoms. The summed E-state index contributed by atoms with van der Waals surface area (Å²) in [4.78, 5) is 12.2. The first-order valence-corrected chi connectivity index (χ1v) is 9.41. The van der Waals surface area contributed by atoms with Crippen molar-refractivity contribution in [3.05, 3.63) is 0 Å². The predicted molar refractivity (Wildman–Crippen MR) is 91.4 cm³/mol. The topological polar surface area (TPSA) is 70.6 Å². The van der Waals surface area contributed by atoms with Crippen molar-refractivity contribution in [3.63, 3.8) is 0 Å². The van der Waals surface area contributed by atoms with Gasteiger partial charge in [-0.05, 0) is 50.9 Å². The second kappa shape index (κ2) is 9.48. The Balaban J connectivity index is 1.73. The quantitative estimate of drug-likeness (QED) is 0.703. The summed E-state index contributed by atoms with van der Waals surface area (Å²) in [5, 5.41) is 15.7. The average molecular weight is 326 g/mol. The van der Waals surface area contributed by atoms with Crippen LogP contribution in [0, 0.1) is 5.92 Å². The van der Waals surface area contributed by atoms with Gasteiger partial charge in [0, 0.05) is 12.6 Å². The maximum absolute atomic E-state index is 12.2. The number of carbonyl (C=O) groups excluding carboxylic acids is 1. The molecule has 0 aromatic heterocycles. The SMILES string of the molecule is CC(C)CCOC1CCCCC1NC(=O)NC1CCC(O)CC1. The molecule has 0 aromatic carbocycles. The van der Waals surface area contributed by atoms with E-state index in [2.05, 4.69) is 24.5 Å². The summed E-state index contributed by atoms with van der Waals surface area (Å²) in [6.07, 6.45) is 8.74. The van der Waals surface area contributed by atoms with Gasteiger partial charge in [0.25, 0.3) is 0 Å². The number of amides is 2. The third-order valence-electron chi connectivity index (χ3n) is 5.08. The van der Waals surface area contributed by atoms with Crippen molar-refractivity contribution >= 4 is 6.03 Å². The predicted octanol–water partition coefficient (Wildman–Crippen LogP) is 2.96. The molecule has 5 heteroatoms. The van der Waals surface area contributed by atoms with Crippen LogP contribution in [0.2, 0.25) is 0 Å². The molecule has 3 N–H and O–H groups in total. The summed E-state index contributed by atoms with van der Waals surface area (Å²) in [6, 6.07) is 0.253. The molecule has 0 aromatic rings. The number of hydrogen-bond donors (Lipinski definition) is 3. The molecule has 0 aliphatic heterocycles. The van der Waals surface area contributed by atoms with Gasteiger partial charge in [-0.25, -0.2) is 4.79 Å². The van der Waals surface area contributed by atoms with E-state index in [1.54, 1.807) is 0 Å². The van der Waals surface area contributed by atoms with Crippen LogP contribution in [0.4, 0.5) is 4.79 Å². The number of aliphatic hydroxyl groups is 1. The second-order valence-corrected chi connectivity index (χ2v) is 7.61. The highest BCUT2D eigenvalue weighted by Crippen LogP contribution is 2.22. The van der Waals surface area contributed by atoms with Gasteiger partial charge in [-0.15, -0.1) is 0 Å². The van der Waals surface area contributed by atoms with Crippen LogP contribution in [0.15, 0.2) is 0 Å². The molecule has 0 heterocycles. The number of urea groups is 1. The lowest BCUT2D eigenvalue weighted by Crippen LogP contribution is -2.52. The van der Waals surface area contributed by atoms with Crippen molar-refractivity contribution in [2.75, 3.05) is 6.61 Å². The smallest absolute Gasteiger partial charge is 0.315 e. The molecule has 2 aliphatic carbocycles. The van der Waals surface area contributed by atoms with Gasteiger partial charge in [0.15, 0.2) is 0 Å². The second-order valence-electron chi connectivity index (χ2n) is 7.61. The van der Waals surface area contributed by atoms with Gasteiger partial charge >= 0.3 is 6.03 Å². The molecule has 2 fully saturated rings. The van der Waals surface area contributed by atoms with E-state index in [1.165, 1.54) is 6.42 Å². The Morgan fingerprint density at radius 1 is 1.09 bits per heavy atom. The summed E-state index contributed by atoms with van der Waals surface area (Å²) < 4.78 is 6.04. The summed E-state index contributed by atoms with van der Waals surface area (Å²) in [5.74, 6) is 0.648. The number of hydrogen-bond acceptors (Lipinski definition) is 3. The first kappa shape index (κ1) is 18.5. The first-order chi connectivity index (χ1) is 11.0. The largest absolute Gasteiger partial charge is 0.393 e. The summed E-state index contributed by atoms with van der Waals surface area (Å²) in [6.45, 7) is 5.19. The van der Waals surface area contributed by atoms with Crippen molar-refractivity contribution in [1.82, 2.24) is 10.6 Å². The molecular formula is C18H34N2O3. The van der Waals surface area contributed by atoms with Crippen molar-refractivity contribution in [3.8, 4) is 0 Å². The van der Waals surface area contributed by atoms with E-state index in [0.717, 1.165) is 58.0 Å². The number of aliphatic hydroxyl groups excluding tert-OH is 1. The van der Waals surface area contributed by atoms with E-state index in [-0.39, 0.29) is 30.3 Å². The Morgan fingerprint density at radius 2 is 1.78 bits per heavy atom. The van der Waals surface area contributed by atoms with E-state index < -0.39 is 0 Å². The fraction of sp³-hybridized carbons (Fsp3) is 0.944. The highest BCUT2D eigenvalue weighted by molar-refractivity contribution is 5.74. The normalized spacial score (nSPS) is 31.8. The minimum atomic E-state index is -0.187. The van der Waals surface area contributed by atoms with Gasteiger partial charge in [0.1, 0.15) is 0 Å². The van der Waals surface area contributed by atoms with Crippen LogP contribution in [0.3, 0.4) is 0 Å². The van der Waals surface area contributed by atoms with Crippen molar-refractivity contribution in [2.45, 2.75) is 95.9 Å². The Hall–Kier alpha value is -0.810. The molecule has 2 unspecified atom stereocenters. The number of nitrogens with one attached hydrogen (secondary N) is 2. The molecule has 2 amide bonds.